The average molecular weight is 340 g/mol. The second-order valence-electron chi connectivity index (χ2n) is 6.17. The van der Waals surface area contributed by atoms with Crippen molar-refractivity contribution in [2.45, 2.75) is 33.1 Å². The first-order valence-corrected chi connectivity index (χ1v) is 7.96. The van der Waals surface area contributed by atoms with Crippen LogP contribution in [0.5, 0.6) is 0 Å². The third kappa shape index (κ3) is 6.59. The molecule has 1 saturated heterocycles. The van der Waals surface area contributed by atoms with Crippen molar-refractivity contribution in [3.05, 3.63) is 24.3 Å². The molecule has 1 aromatic rings. The predicted octanol–water partition coefficient (Wildman–Crippen LogP) is 3.03. The molecule has 0 atom stereocenters. The molecule has 1 aliphatic rings. The van der Waals surface area contributed by atoms with Crippen LogP contribution in [0.3, 0.4) is 0 Å². The lowest BCUT2D eigenvalue weighted by Crippen LogP contribution is -2.30. The fraction of sp³-hybridized carbons (Fsp3) is 0.529. The highest BCUT2D eigenvalue weighted by atomic mass is 35.5. The number of halogens is 1. The normalized spacial score (nSPS) is 14.9. The van der Waals surface area contributed by atoms with Crippen molar-refractivity contribution >= 4 is 35.6 Å². The summed E-state index contributed by atoms with van der Waals surface area (Å²) < 4.78 is 0. The Morgan fingerprint density at radius 3 is 2.39 bits per heavy atom. The van der Waals surface area contributed by atoms with Crippen molar-refractivity contribution in [3.63, 3.8) is 0 Å². The summed E-state index contributed by atoms with van der Waals surface area (Å²) in [6.07, 6.45) is 2.67. The molecule has 0 aliphatic carbocycles. The summed E-state index contributed by atoms with van der Waals surface area (Å²) in [6, 6.07) is 7.28. The topological polar surface area (TPSA) is 70.2 Å². The van der Waals surface area contributed by atoms with Crippen LogP contribution in [0.1, 0.15) is 33.1 Å². The van der Waals surface area contributed by atoms with Crippen LogP contribution < -0.4 is 16.0 Å². The van der Waals surface area contributed by atoms with Crippen molar-refractivity contribution in [2.75, 3.05) is 23.7 Å². The number of nitrogens with one attached hydrogen (secondary N) is 3. The molecule has 2 amide bonds. The van der Waals surface area contributed by atoms with E-state index >= 15 is 0 Å². The zero-order chi connectivity index (χ0) is 15.9. The number of hydrogen-bond acceptors (Lipinski definition) is 3. The molecule has 0 spiro atoms. The molecule has 2 rings (SSSR count). The van der Waals surface area contributed by atoms with Crippen LogP contribution in [0.25, 0.3) is 0 Å². The summed E-state index contributed by atoms with van der Waals surface area (Å²) in [5.41, 5.74) is 1.43. The minimum atomic E-state index is -0.0711. The number of benzene rings is 1. The summed E-state index contributed by atoms with van der Waals surface area (Å²) in [6.45, 7) is 5.68. The lowest BCUT2D eigenvalue weighted by Gasteiger charge is -2.22. The Hall–Kier alpha value is -1.59. The van der Waals surface area contributed by atoms with Crippen LogP contribution in [0.2, 0.25) is 0 Å². The molecule has 1 heterocycles. The highest BCUT2D eigenvalue weighted by molar-refractivity contribution is 5.94. The van der Waals surface area contributed by atoms with Crippen LogP contribution in [0, 0.1) is 11.8 Å². The maximum Gasteiger partial charge on any atom is 0.226 e. The van der Waals surface area contributed by atoms with Gasteiger partial charge < -0.3 is 16.0 Å². The SMILES string of the molecule is CC(C)C(=O)Nc1cccc(NC(=O)CC2CCNCC2)c1.Cl. The monoisotopic (exact) mass is 339 g/mol. The second-order valence-corrected chi connectivity index (χ2v) is 6.17. The summed E-state index contributed by atoms with van der Waals surface area (Å²) in [7, 11) is 0. The van der Waals surface area contributed by atoms with E-state index in [2.05, 4.69) is 16.0 Å². The van der Waals surface area contributed by atoms with Gasteiger partial charge in [-0.15, -0.1) is 12.4 Å². The molecule has 128 valence electrons. The number of anilines is 2. The molecule has 0 saturated carbocycles. The second kappa shape index (κ2) is 9.53. The molecular formula is C17H26ClN3O2. The third-order valence-corrected chi connectivity index (χ3v) is 3.87. The smallest absolute Gasteiger partial charge is 0.226 e. The van der Waals surface area contributed by atoms with Crippen molar-refractivity contribution in [1.82, 2.24) is 5.32 Å². The zero-order valence-electron chi connectivity index (χ0n) is 13.7. The molecular weight excluding hydrogens is 314 g/mol. The Labute approximate surface area is 144 Å². The average Bonchev–Trinajstić information content (AvgIpc) is 2.48. The molecule has 1 aliphatic heterocycles. The molecule has 0 aromatic heterocycles. The quantitative estimate of drug-likeness (QED) is 0.772. The van der Waals surface area contributed by atoms with Crippen LogP contribution >= 0.6 is 12.4 Å². The van der Waals surface area contributed by atoms with Gasteiger partial charge in [0.15, 0.2) is 0 Å². The summed E-state index contributed by atoms with van der Waals surface area (Å²) in [5, 5.41) is 9.06. The summed E-state index contributed by atoms with van der Waals surface area (Å²) in [5.74, 6) is 0.403. The van der Waals surface area contributed by atoms with Crippen LogP contribution in [0.15, 0.2) is 24.3 Å². The van der Waals surface area contributed by atoms with E-state index in [0.717, 1.165) is 31.6 Å². The van der Waals surface area contributed by atoms with Crippen LogP contribution in [-0.2, 0) is 9.59 Å². The van der Waals surface area contributed by atoms with Gasteiger partial charge >= 0.3 is 0 Å². The Kier molecular flexibility index (Phi) is 8.06. The first kappa shape index (κ1) is 19.5. The molecule has 23 heavy (non-hydrogen) atoms. The molecule has 1 fully saturated rings. The Bertz CT molecular complexity index is 528. The minimum Gasteiger partial charge on any atom is -0.326 e. The molecule has 6 heteroatoms. The van der Waals surface area contributed by atoms with Crippen LogP contribution in [0.4, 0.5) is 11.4 Å². The number of amides is 2. The Balaban J connectivity index is 0.00000264. The summed E-state index contributed by atoms with van der Waals surface area (Å²) >= 11 is 0. The van der Waals surface area contributed by atoms with Gasteiger partial charge in [0.2, 0.25) is 11.8 Å². The molecule has 0 unspecified atom stereocenters. The van der Waals surface area contributed by atoms with Crippen molar-refractivity contribution in [1.29, 1.82) is 0 Å². The number of piperidine rings is 1. The van der Waals surface area contributed by atoms with Gasteiger partial charge in [-0.25, -0.2) is 0 Å². The Morgan fingerprint density at radius 1 is 1.17 bits per heavy atom. The molecule has 3 N–H and O–H groups in total. The zero-order valence-corrected chi connectivity index (χ0v) is 14.5. The lowest BCUT2D eigenvalue weighted by atomic mass is 9.94. The van der Waals surface area contributed by atoms with Crippen molar-refractivity contribution in [2.24, 2.45) is 11.8 Å². The van der Waals surface area contributed by atoms with E-state index < -0.39 is 0 Å². The number of carbonyl (C=O) groups is 2. The number of hydrogen-bond donors (Lipinski definition) is 3. The van der Waals surface area contributed by atoms with Gasteiger partial charge in [0, 0.05) is 23.7 Å². The van der Waals surface area contributed by atoms with Gasteiger partial charge in [0.05, 0.1) is 0 Å². The fourth-order valence-electron chi connectivity index (χ4n) is 2.52. The van der Waals surface area contributed by atoms with Crippen molar-refractivity contribution < 1.29 is 9.59 Å². The van der Waals surface area contributed by atoms with Gasteiger partial charge in [-0.1, -0.05) is 19.9 Å². The van der Waals surface area contributed by atoms with Crippen molar-refractivity contribution in [3.8, 4) is 0 Å². The van der Waals surface area contributed by atoms with E-state index in [1.807, 2.05) is 32.0 Å². The highest BCUT2D eigenvalue weighted by Crippen LogP contribution is 2.19. The summed E-state index contributed by atoms with van der Waals surface area (Å²) in [4.78, 5) is 23.8. The van der Waals surface area contributed by atoms with Gasteiger partial charge in [-0.3, -0.25) is 9.59 Å². The number of rotatable bonds is 5. The van der Waals surface area contributed by atoms with E-state index in [9.17, 15) is 9.59 Å². The van der Waals surface area contributed by atoms with Gasteiger partial charge in [0.25, 0.3) is 0 Å². The Morgan fingerprint density at radius 2 is 1.78 bits per heavy atom. The maximum atomic E-state index is 12.1. The van der Waals surface area contributed by atoms with E-state index in [1.165, 1.54) is 0 Å². The van der Waals surface area contributed by atoms with Gasteiger partial charge in [0.1, 0.15) is 0 Å². The van der Waals surface area contributed by atoms with Gasteiger partial charge in [-0.2, -0.15) is 0 Å². The first-order chi connectivity index (χ1) is 10.5. The molecule has 0 bridgehead atoms. The maximum absolute atomic E-state index is 12.1. The predicted molar refractivity (Wildman–Crippen MR) is 96.0 cm³/mol. The fourth-order valence-corrected chi connectivity index (χ4v) is 2.52. The van der Waals surface area contributed by atoms with E-state index in [1.54, 1.807) is 6.07 Å². The first-order valence-electron chi connectivity index (χ1n) is 7.96. The third-order valence-electron chi connectivity index (χ3n) is 3.87. The van der Waals surface area contributed by atoms with E-state index in [-0.39, 0.29) is 30.1 Å². The molecule has 1 aromatic carbocycles. The largest absolute Gasteiger partial charge is 0.326 e. The van der Waals surface area contributed by atoms with E-state index in [0.29, 0.717) is 18.0 Å². The molecule has 0 radical (unpaired) electrons. The number of carbonyl (C=O) groups excluding carboxylic acids is 2. The molecule has 5 nitrogen and oxygen atoms in total. The highest BCUT2D eigenvalue weighted by Gasteiger charge is 2.17. The minimum absolute atomic E-state index is 0. The lowest BCUT2D eigenvalue weighted by molar-refractivity contribution is -0.119. The van der Waals surface area contributed by atoms with Crippen LogP contribution in [-0.4, -0.2) is 24.9 Å². The standard InChI is InChI=1S/C17H25N3O2.ClH/c1-12(2)17(22)20-15-5-3-4-14(11-15)19-16(21)10-13-6-8-18-9-7-13;/h3-5,11-13,18H,6-10H2,1-2H3,(H,19,21)(H,20,22);1H. The van der Waals surface area contributed by atoms with E-state index in [4.69, 9.17) is 0 Å². The van der Waals surface area contributed by atoms with Gasteiger partial charge in [-0.05, 0) is 50.0 Å².